The molecule has 1 rings (SSSR count). The summed E-state index contributed by atoms with van der Waals surface area (Å²) >= 11 is 0. The van der Waals surface area contributed by atoms with Crippen LogP contribution < -0.4 is 20.1 Å². The number of halogens is 1. The van der Waals surface area contributed by atoms with E-state index in [2.05, 4.69) is 17.6 Å². The molecule has 0 unspecified atom stereocenters. The first kappa shape index (κ1) is 18.5. The molecule has 2 N–H and O–H groups in total. The molecule has 0 aliphatic heterocycles. The summed E-state index contributed by atoms with van der Waals surface area (Å²) in [5, 5.41) is 6.07. The molecule has 20 heavy (non-hydrogen) atoms. The second kappa shape index (κ2) is 10.3. The highest BCUT2D eigenvalue weighted by atomic mass is 35.5. The first-order valence-corrected chi connectivity index (χ1v) is 6.43. The number of hydrogen-bond donors (Lipinski definition) is 2. The van der Waals surface area contributed by atoms with E-state index in [9.17, 15) is 4.79 Å². The van der Waals surface area contributed by atoms with Gasteiger partial charge in [0.15, 0.2) is 0 Å². The highest BCUT2D eigenvalue weighted by molar-refractivity contribution is 5.95. The van der Waals surface area contributed by atoms with Gasteiger partial charge in [-0.3, -0.25) is 4.79 Å². The summed E-state index contributed by atoms with van der Waals surface area (Å²) in [6.45, 7) is 4.43. The zero-order chi connectivity index (χ0) is 14.1. The summed E-state index contributed by atoms with van der Waals surface area (Å²) in [6.07, 6.45) is 1.08. The lowest BCUT2D eigenvalue weighted by molar-refractivity contribution is 0.0953. The van der Waals surface area contributed by atoms with E-state index in [-0.39, 0.29) is 18.3 Å². The molecule has 0 spiro atoms. The standard InChI is InChI=1S/C14H22N2O3.ClH/c1-4-5-15-6-7-16-14(17)11-8-12(18-2)10-13(9-11)19-3;/h8-10,15H,4-7H2,1-3H3,(H,16,17);1H. The average Bonchev–Trinajstić information content (AvgIpc) is 2.46. The largest absolute Gasteiger partial charge is 0.497 e. The van der Waals surface area contributed by atoms with Crippen molar-refractivity contribution in [2.75, 3.05) is 33.9 Å². The summed E-state index contributed by atoms with van der Waals surface area (Å²) in [5.74, 6) is 1.08. The van der Waals surface area contributed by atoms with Gasteiger partial charge in [-0.25, -0.2) is 0 Å². The van der Waals surface area contributed by atoms with E-state index in [1.54, 1.807) is 32.4 Å². The molecule has 114 valence electrons. The second-order valence-corrected chi connectivity index (χ2v) is 4.11. The Labute approximate surface area is 126 Å². The lowest BCUT2D eigenvalue weighted by Gasteiger charge is -2.09. The molecule has 0 fully saturated rings. The fraction of sp³-hybridized carbons (Fsp3) is 0.500. The Balaban J connectivity index is 0.00000361. The monoisotopic (exact) mass is 302 g/mol. The third-order valence-electron chi connectivity index (χ3n) is 2.63. The number of hydrogen-bond acceptors (Lipinski definition) is 4. The molecule has 0 saturated heterocycles. The summed E-state index contributed by atoms with van der Waals surface area (Å²) in [7, 11) is 3.12. The molecule has 0 heterocycles. The number of benzene rings is 1. The van der Waals surface area contributed by atoms with Crippen molar-refractivity contribution in [1.82, 2.24) is 10.6 Å². The molecule has 6 heteroatoms. The summed E-state index contributed by atoms with van der Waals surface area (Å²) in [6, 6.07) is 5.12. The van der Waals surface area contributed by atoms with E-state index in [4.69, 9.17) is 9.47 Å². The van der Waals surface area contributed by atoms with Gasteiger partial charge < -0.3 is 20.1 Å². The molecule has 0 saturated carbocycles. The molecule has 1 aromatic rings. The number of carbonyl (C=O) groups excluding carboxylic acids is 1. The van der Waals surface area contributed by atoms with Crippen LogP contribution in [0.15, 0.2) is 18.2 Å². The number of nitrogens with one attached hydrogen (secondary N) is 2. The minimum absolute atomic E-state index is 0. The predicted molar refractivity (Wildman–Crippen MR) is 82.3 cm³/mol. The summed E-state index contributed by atoms with van der Waals surface area (Å²) in [5.41, 5.74) is 0.534. The third-order valence-corrected chi connectivity index (χ3v) is 2.63. The van der Waals surface area contributed by atoms with E-state index in [1.165, 1.54) is 0 Å². The van der Waals surface area contributed by atoms with Gasteiger partial charge in [0.1, 0.15) is 11.5 Å². The smallest absolute Gasteiger partial charge is 0.251 e. The summed E-state index contributed by atoms with van der Waals surface area (Å²) in [4.78, 5) is 12.0. The minimum Gasteiger partial charge on any atom is -0.497 e. The maximum Gasteiger partial charge on any atom is 0.251 e. The quantitative estimate of drug-likeness (QED) is 0.720. The van der Waals surface area contributed by atoms with Crippen molar-refractivity contribution in [1.29, 1.82) is 0 Å². The number of methoxy groups -OCH3 is 2. The minimum atomic E-state index is -0.129. The first-order valence-electron chi connectivity index (χ1n) is 6.43. The van der Waals surface area contributed by atoms with Crippen molar-refractivity contribution in [3.05, 3.63) is 23.8 Å². The van der Waals surface area contributed by atoms with Crippen LogP contribution in [0.2, 0.25) is 0 Å². The fourth-order valence-corrected chi connectivity index (χ4v) is 1.61. The topological polar surface area (TPSA) is 59.6 Å². The van der Waals surface area contributed by atoms with Gasteiger partial charge in [-0.1, -0.05) is 6.92 Å². The molecule has 5 nitrogen and oxygen atoms in total. The van der Waals surface area contributed by atoms with Crippen LogP contribution in [0.3, 0.4) is 0 Å². The maximum atomic E-state index is 12.0. The number of rotatable bonds is 8. The van der Waals surface area contributed by atoms with Crippen molar-refractivity contribution in [2.45, 2.75) is 13.3 Å². The van der Waals surface area contributed by atoms with Crippen LogP contribution >= 0.6 is 12.4 Å². The van der Waals surface area contributed by atoms with Crippen molar-refractivity contribution >= 4 is 18.3 Å². The Morgan fingerprint density at radius 3 is 2.15 bits per heavy atom. The molecule has 0 bridgehead atoms. The van der Waals surface area contributed by atoms with E-state index in [1.807, 2.05) is 0 Å². The highest BCUT2D eigenvalue weighted by Crippen LogP contribution is 2.22. The van der Waals surface area contributed by atoms with E-state index in [0.29, 0.717) is 23.6 Å². The van der Waals surface area contributed by atoms with Crippen LogP contribution in [0.1, 0.15) is 23.7 Å². The fourth-order valence-electron chi connectivity index (χ4n) is 1.61. The van der Waals surface area contributed by atoms with Gasteiger partial charge in [0.2, 0.25) is 0 Å². The van der Waals surface area contributed by atoms with Crippen LogP contribution in [-0.4, -0.2) is 39.8 Å². The predicted octanol–water partition coefficient (Wildman–Crippen LogP) is 1.85. The molecule has 0 aliphatic rings. The zero-order valence-electron chi connectivity index (χ0n) is 12.2. The SMILES string of the molecule is CCCNCCNC(=O)c1cc(OC)cc(OC)c1.Cl. The third kappa shape index (κ3) is 6.12. The van der Waals surface area contributed by atoms with Crippen LogP contribution in [0.4, 0.5) is 0 Å². The number of amides is 1. The lowest BCUT2D eigenvalue weighted by Crippen LogP contribution is -2.32. The Morgan fingerprint density at radius 1 is 1.05 bits per heavy atom. The molecular weight excluding hydrogens is 280 g/mol. The van der Waals surface area contributed by atoms with Gasteiger partial charge in [0.25, 0.3) is 5.91 Å². The van der Waals surface area contributed by atoms with E-state index < -0.39 is 0 Å². The molecule has 0 radical (unpaired) electrons. The van der Waals surface area contributed by atoms with E-state index >= 15 is 0 Å². The lowest BCUT2D eigenvalue weighted by atomic mass is 10.2. The molecular formula is C14H23ClN2O3. The molecule has 0 aliphatic carbocycles. The molecule has 0 aromatic heterocycles. The van der Waals surface area contributed by atoms with Crippen LogP contribution in [0.25, 0.3) is 0 Å². The van der Waals surface area contributed by atoms with Gasteiger partial charge >= 0.3 is 0 Å². The van der Waals surface area contributed by atoms with Crippen molar-refractivity contribution in [3.63, 3.8) is 0 Å². The van der Waals surface area contributed by atoms with Gasteiger partial charge in [0.05, 0.1) is 14.2 Å². The molecule has 1 amide bonds. The normalized spacial score (nSPS) is 9.55. The van der Waals surface area contributed by atoms with Crippen molar-refractivity contribution in [2.24, 2.45) is 0 Å². The van der Waals surface area contributed by atoms with Crippen LogP contribution in [0.5, 0.6) is 11.5 Å². The number of ether oxygens (including phenoxy) is 2. The highest BCUT2D eigenvalue weighted by Gasteiger charge is 2.09. The molecule has 0 atom stereocenters. The Hall–Kier alpha value is -1.46. The second-order valence-electron chi connectivity index (χ2n) is 4.11. The Morgan fingerprint density at radius 2 is 1.65 bits per heavy atom. The zero-order valence-corrected chi connectivity index (χ0v) is 13.0. The Kier molecular flexibility index (Phi) is 9.59. The van der Waals surface area contributed by atoms with Gasteiger partial charge in [-0.2, -0.15) is 0 Å². The van der Waals surface area contributed by atoms with Crippen LogP contribution in [0, 0.1) is 0 Å². The molecule has 1 aromatic carbocycles. The van der Waals surface area contributed by atoms with Gasteiger partial charge in [-0.05, 0) is 25.1 Å². The maximum absolute atomic E-state index is 12.0. The van der Waals surface area contributed by atoms with Crippen molar-refractivity contribution < 1.29 is 14.3 Å². The van der Waals surface area contributed by atoms with Crippen molar-refractivity contribution in [3.8, 4) is 11.5 Å². The van der Waals surface area contributed by atoms with Gasteiger partial charge in [-0.15, -0.1) is 12.4 Å². The van der Waals surface area contributed by atoms with E-state index in [0.717, 1.165) is 19.5 Å². The number of carbonyl (C=O) groups is 1. The first-order chi connectivity index (χ1) is 9.21. The Bertz CT molecular complexity index is 391. The van der Waals surface area contributed by atoms with Gasteiger partial charge in [0, 0.05) is 24.7 Å². The average molecular weight is 303 g/mol. The summed E-state index contributed by atoms with van der Waals surface area (Å²) < 4.78 is 10.3. The van der Waals surface area contributed by atoms with Crippen LogP contribution in [-0.2, 0) is 0 Å².